The van der Waals surface area contributed by atoms with Crippen LogP contribution in [0.2, 0.25) is 5.02 Å². The van der Waals surface area contributed by atoms with Crippen molar-refractivity contribution in [1.29, 1.82) is 0 Å². The number of nitrogens with zero attached hydrogens (tertiary/aromatic N) is 1. The predicted octanol–water partition coefficient (Wildman–Crippen LogP) is 4.67. The SMILES string of the molecule is O=C(Nc1cc(C(=O)N2CCCCCC2)ccc1Cl)c1cccs1. The number of likely N-dealkylation sites (tertiary alicyclic amines) is 1. The minimum atomic E-state index is -0.216. The Labute approximate surface area is 150 Å². The Hall–Kier alpha value is -1.85. The van der Waals surface area contributed by atoms with E-state index >= 15 is 0 Å². The molecule has 126 valence electrons. The highest BCUT2D eigenvalue weighted by molar-refractivity contribution is 7.12. The molecule has 2 heterocycles. The maximum absolute atomic E-state index is 12.7. The van der Waals surface area contributed by atoms with Gasteiger partial charge in [0.1, 0.15) is 0 Å². The molecule has 1 aliphatic rings. The molecular weight excluding hydrogens is 344 g/mol. The van der Waals surface area contributed by atoms with E-state index in [1.807, 2.05) is 16.3 Å². The largest absolute Gasteiger partial charge is 0.339 e. The van der Waals surface area contributed by atoms with Gasteiger partial charge >= 0.3 is 0 Å². The van der Waals surface area contributed by atoms with Crippen LogP contribution in [-0.4, -0.2) is 29.8 Å². The summed E-state index contributed by atoms with van der Waals surface area (Å²) in [7, 11) is 0. The molecule has 0 bridgehead atoms. The molecule has 1 aromatic carbocycles. The number of hydrogen-bond acceptors (Lipinski definition) is 3. The summed E-state index contributed by atoms with van der Waals surface area (Å²) < 4.78 is 0. The molecule has 24 heavy (non-hydrogen) atoms. The monoisotopic (exact) mass is 362 g/mol. The second-order valence-corrected chi connectivity index (χ2v) is 7.19. The summed E-state index contributed by atoms with van der Waals surface area (Å²) in [5.74, 6) is -0.216. The van der Waals surface area contributed by atoms with E-state index in [2.05, 4.69) is 5.32 Å². The molecule has 0 radical (unpaired) electrons. The van der Waals surface area contributed by atoms with Gasteiger partial charge in [-0.2, -0.15) is 0 Å². The molecule has 2 aromatic rings. The van der Waals surface area contributed by atoms with E-state index in [0.717, 1.165) is 25.9 Å². The Morgan fingerprint density at radius 3 is 2.50 bits per heavy atom. The van der Waals surface area contributed by atoms with Crippen LogP contribution in [0.4, 0.5) is 5.69 Å². The molecule has 0 atom stereocenters. The summed E-state index contributed by atoms with van der Waals surface area (Å²) in [4.78, 5) is 27.4. The summed E-state index contributed by atoms with van der Waals surface area (Å²) in [6.07, 6.45) is 4.43. The summed E-state index contributed by atoms with van der Waals surface area (Å²) in [5, 5.41) is 5.06. The van der Waals surface area contributed by atoms with Crippen molar-refractivity contribution in [3.05, 3.63) is 51.2 Å². The first-order valence-corrected chi connectivity index (χ1v) is 9.34. The standard InChI is InChI=1S/C18H19ClN2O2S/c19-14-8-7-13(18(23)21-9-3-1-2-4-10-21)12-15(14)20-17(22)16-6-5-11-24-16/h5-8,11-12H,1-4,9-10H2,(H,20,22). The van der Waals surface area contributed by atoms with Crippen LogP contribution in [0.3, 0.4) is 0 Å². The molecule has 1 saturated heterocycles. The minimum Gasteiger partial charge on any atom is -0.339 e. The molecule has 6 heteroatoms. The van der Waals surface area contributed by atoms with Gasteiger partial charge in [0.15, 0.2) is 0 Å². The van der Waals surface area contributed by atoms with E-state index < -0.39 is 0 Å². The van der Waals surface area contributed by atoms with E-state index in [1.165, 1.54) is 24.2 Å². The van der Waals surface area contributed by atoms with Crippen LogP contribution in [0.1, 0.15) is 45.7 Å². The highest BCUT2D eigenvalue weighted by Gasteiger charge is 2.19. The van der Waals surface area contributed by atoms with Crippen LogP contribution in [0.25, 0.3) is 0 Å². The van der Waals surface area contributed by atoms with E-state index in [4.69, 9.17) is 11.6 Å². The van der Waals surface area contributed by atoms with Gasteiger partial charge < -0.3 is 10.2 Å². The zero-order chi connectivity index (χ0) is 16.9. The fraction of sp³-hybridized carbons (Fsp3) is 0.333. The second-order valence-electron chi connectivity index (χ2n) is 5.83. The number of anilines is 1. The van der Waals surface area contributed by atoms with Crippen molar-refractivity contribution in [3.8, 4) is 0 Å². The molecule has 0 aliphatic carbocycles. The average Bonchev–Trinajstić information content (AvgIpc) is 2.99. The average molecular weight is 363 g/mol. The number of thiophene rings is 1. The van der Waals surface area contributed by atoms with Crippen LogP contribution in [0.5, 0.6) is 0 Å². The van der Waals surface area contributed by atoms with Crippen molar-refractivity contribution in [2.75, 3.05) is 18.4 Å². The number of nitrogens with one attached hydrogen (secondary N) is 1. The topological polar surface area (TPSA) is 49.4 Å². The van der Waals surface area contributed by atoms with Crippen LogP contribution in [0.15, 0.2) is 35.7 Å². The normalized spacial score (nSPS) is 15.0. The quantitative estimate of drug-likeness (QED) is 0.862. The number of hydrogen-bond donors (Lipinski definition) is 1. The third-order valence-corrected chi connectivity index (χ3v) is 5.30. The second kappa shape index (κ2) is 7.81. The van der Waals surface area contributed by atoms with Crippen LogP contribution in [0, 0.1) is 0 Å². The first-order valence-electron chi connectivity index (χ1n) is 8.09. The van der Waals surface area contributed by atoms with Crippen molar-refractivity contribution in [3.63, 3.8) is 0 Å². The highest BCUT2D eigenvalue weighted by atomic mass is 35.5. The lowest BCUT2D eigenvalue weighted by Crippen LogP contribution is -2.31. The first kappa shape index (κ1) is 17.0. The van der Waals surface area contributed by atoms with Gasteiger partial charge in [-0.1, -0.05) is 30.5 Å². The fourth-order valence-electron chi connectivity index (χ4n) is 2.80. The number of rotatable bonds is 3. The summed E-state index contributed by atoms with van der Waals surface area (Å²) in [6, 6.07) is 8.62. The van der Waals surface area contributed by atoms with Crippen molar-refractivity contribution in [1.82, 2.24) is 4.90 Å². The number of halogens is 1. The molecule has 0 saturated carbocycles. The Bertz CT molecular complexity index is 723. The third kappa shape index (κ3) is 3.97. The number of amides is 2. The third-order valence-electron chi connectivity index (χ3n) is 4.10. The lowest BCUT2D eigenvalue weighted by Gasteiger charge is -2.20. The van der Waals surface area contributed by atoms with Crippen molar-refractivity contribution < 1.29 is 9.59 Å². The molecule has 1 aliphatic heterocycles. The van der Waals surface area contributed by atoms with E-state index in [-0.39, 0.29) is 11.8 Å². The highest BCUT2D eigenvalue weighted by Crippen LogP contribution is 2.25. The maximum atomic E-state index is 12.7. The summed E-state index contributed by atoms with van der Waals surface area (Å²) in [5.41, 5.74) is 1.03. The van der Waals surface area contributed by atoms with Crippen LogP contribution < -0.4 is 5.32 Å². The van der Waals surface area contributed by atoms with Gasteiger partial charge in [-0.3, -0.25) is 9.59 Å². The molecule has 1 N–H and O–H groups in total. The summed E-state index contributed by atoms with van der Waals surface area (Å²) in [6.45, 7) is 1.58. The van der Waals surface area contributed by atoms with Gasteiger partial charge in [-0.25, -0.2) is 0 Å². The van der Waals surface area contributed by atoms with Gasteiger partial charge in [0, 0.05) is 18.7 Å². The van der Waals surface area contributed by atoms with Gasteiger partial charge in [-0.15, -0.1) is 11.3 Å². The van der Waals surface area contributed by atoms with Crippen LogP contribution >= 0.6 is 22.9 Å². The zero-order valence-electron chi connectivity index (χ0n) is 13.3. The molecule has 2 amide bonds. The predicted molar refractivity (Wildman–Crippen MR) is 98.1 cm³/mol. The van der Waals surface area contributed by atoms with Crippen molar-refractivity contribution in [2.24, 2.45) is 0 Å². The first-order chi connectivity index (χ1) is 11.6. The molecule has 1 fully saturated rings. The van der Waals surface area contributed by atoms with Crippen molar-refractivity contribution in [2.45, 2.75) is 25.7 Å². The van der Waals surface area contributed by atoms with Crippen molar-refractivity contribution >= 4 is 40.4 Å². The molecule has 1 aromatic heterocycles. The molecule has 0 unspecified atom stereocenters. The Morgan fingerprint density at radius 1 is 1.08 bits per heavy atom. The van der Waals surface area contributed by atoms with Gasteiger partial charge in [0.25, 0.3) is 11.8 Å². The van der Waals surface area contributed by atoms with E-state index in [1.54, 1.807) is 24.3 Å². The van der Waals surface area contributed by atoms with Crippen LogP contribution in [-0.2, 0) is 0 Å². The fourth-order valence-corrected chi connectivity index (χ4v) is 3.59. The Balaban J connectivity index is 1.77. The Morgan fingerprint density at radius 2 is 1.83 bits per heavy atom. The molecule has 4 nitrogen and oxygen atoms in total. The minimum absolute atomic E-state index is 0.000175. The van der Waals surface area contributed by atoms with E-state index in [9.17, 15) is 9.59 Å². The van der Waals surface area contributed by atoms with Gasteiger partial charge in [0.05, 0.1) is 15.6 Å². The summed E-state index contributed by atoms with van der Waals surface area (Å²) >= 11 is 7.54. The smallest absolute Gasteiger partial charge is 0.265 e. The molecule has 3 rings (SSSR count). The number of carbonyl (C=O) groups is 2. The number of benzene rings is 1. The lowest BCUT2D eigenvalue weighted by atomic mass is 10.1. The maximum Gasteiger partial charge on any atom is 0.265 e. The van der Waals surface area contributed by atoms with Gasteiger partial charge in [-0.05, 0) is 42.5 Å². The van der Waals surface area contributed by atoms with Gasteiger partial charge in [0.2, 0.25) is 0 Å². The Kier molecular flexibility index (Phi) is 5.53. The molecular formula is C18H19ClN2O2S. The zero-order valence-corrected chi connectivity index (χ0v) is 14.8. The lowest BCUT2D eigenvalue weighted by molar-refractivity contribution is 0.0761. The number of carbonyl (C=O) groups excluding carboxylic acids is 2. The molecule has 0 spiro atoms. The van der Waals surface area contributed by atoms with E-state index in [0.29, 0.717) is 21.2 Å².